The Morgan fingerprint density at radius 3 is 2.55 bits per heavy atom. The first-order chi connectivity index (χ1) is 9.39. The predicted molar refractivity (Wildman–Crippen MR) is 85.0 cm³/mol. The minimum absolute atomic E-state index is 0.103. The van der Waals surface area contributed by atoms with Gasteiger partial charge in [0, 0.05) is 4.47 Å². The lowest BCUT2D eigenvalue weighted by atomic mass is 10.1. The predicted octanol–water partition coefficient (Wildman–Crippen LogP) is 3.62. The molecule has 1 heterocycles. The highest BCUT2D eigenvalue weighted by Gasteiger charge is 2.21. The van der Waals surface area contributed by atoms with Crippen molar-refractivity contribution in [1.82, 2.24) is 0 Å². The molecule has 0 aliphatic carbocycles. The van der Waals surface area contributed by atoms with Crippen LogP contribution in [0.3, 0.4) is 0 Å². The highest BCUT2D eigenvalue weighted by molar-refractivity contribution is 9.10. The molecule has 0 aliphatic rings. The highest BCUT2D eigenvalue weighted by atomic mass is 79.9. The van der Waals surface area contributed by atoms with Gasteiger partial charge in [0.15, 0.2) is 15.6 Å². The van der Waals surface area contributed by atoms with E-state index in [0.717, 1.165) is 11.1 Å². The van der Waals surface area contributed by atoms with Gasteiger partial charge in [-0.05, 0) is 45.4 Å². The second kappa shape index (κ2) is 6.20. The van der Waals surface area contributed by atoms with E-state index in [4.69, 9.17) is 0 Å². The molecule has 0 saturated heterocycles. The standard InChI is InChI=1S/C14H13BrO3S2/c1-10-4-2-3-5-11(10)8-20(17,18)9-13(16)14-12(15)6-7-19-14/h2-7H,8-9H2,1H3. The SMILES string of the molecule is Cc1ccccc1CS(=O)(=O)CC(=O)c1sccc1Br. The number of Topliss-reactive ketones (excluding diaryl/α,β-unsaturated/α-hetero) is 1. The molecule has 0 bridgehead atoms. The lowest BCUT2D eigenvalue weighted by Gasteiger charge is -2.06. The van der Waals surface area contributed by atoms with Gasteiger partial charge in [-0.3, -0.25) is 4.79 Å². The first-order valence-corrected chi connectivity index (χ1v) is 9.39. The fourth-order valence-corrected chi connectivity index (χ4v) is 4.89. The molecule has 6 heteroatoms. The lowest BCUT2D eigenvalue weighted by Crippen LogP contribution is -2.17. The molecule has 0 unspecified atom stereocenters. The monoisotopic (exact) mass is 372 g/mol. The Morgan fingerprint density at radius 1 is 1.25 bits per heavy atom. The van der Waals surface area contributed by atoms with Gasteiger partial charge in [-0.1, -0.05) is 24.3 Å². The Bertz CT molecular complexity index is 732. The van der Waals surface area contributed by atoms with Gasteiger partial charge in [0.1, 0.15) is 5.75 Å². The third kappa shape index (κ3) is 3.77. The number of hydrogen-bond donors (Lipinski definition) is 0. The topological polar surface area (TPSA) is 51.2 Å². The third-order valence-corrected chi connectivity index (χ3v) is 6.19. The average Bonchev–Trinajstić information content (AvgIpc) is 2.78. The fourth-order valence-electron chi connectivity index (χ4n) is 1.82. The van der Waals surface area contributed by atoms with Crippen LogP contribution in [0, 0.1) is 6.92 Å². The van der Waals surface area contributed by atoms with Gasteiger partial charge in [0.2, 0.25) is 0 Å². The molecular formula is C14H13BrO3S2. The molecule has 0 aliphatic heterocycles. The molecule has 2 rings (SSSR count). The van der Waals surface area contributed by atoms with Crippen molar-refractivity contribution in [3.8, 4) is 0 Å². The average molecular weight is 373 g/mol. The summed E-state index contributed by atoms with van der Waals surface area (Å²) in [5.74, 6) is -0.921. The van der Waals surface area contributed by atoms with Crippen molar-refractivity contribution in [3.63, 3.8) is 0 Å². The zero-order chi connectivity index (χ0) is 14.8. The molecule has 0 saturated carbocycles. The third-order valence-electron chi connectivity index (χ3n) is 2.86. The number of carbonyl (C=O) groups excluding carboxylic acids is 1. The Morgan fingerprint density at radius 2 is 1.95 bits per heavy atom. The molecule has 0 atom stereocenters. The number of halogens is 1. The molecule has 0 spiro atoms. The molecule has 0 N–H and O–H groups in total. The number of hydrogen-bond acceptors (Lipinski definition) is 4. The van der Waals surface area contributed by atoms with Crippen LogP contribution in [0.4, 0.5) is 0 Å². The molecule has 1 aromatic carbocycles. The van der Waals surface area contributed by atoms with Crippen LogP contribution >= 0.6 is 27.3 Å². The molecule has 20 heavy (non-hydrogen) atoms. The molecule has 3 nitrogen and oxygen atoms in total. The van der Waals surface area contributed by atoms with Gasteiger partial charge in [0.25, 0.3) is 0 Å². The van der Waals surface area contributed by atoms with Crippen molar-refractivity contribution in [2.24, 2.45) is 0 Å². The summed E-state index contributed by atoms with van der Waals surface area (Å²) in [4.78, 5) is 12.5. The Hall–Kier alpha value is -0.980. The first kappa shape index (κ1) is 15.4. The summed E-state index contributed by atoms with van der Waals surface area (Å²) < 4.78 is 24.9. The quantitative estimate of drug-likeness (QED) is 0.753. The highest BCUT2D eigenvalue weighted by Crippen LogP contribution is 2.24. The normalized spacial score (nSPS) is 11.5. The number of aryl methyl sites for hydroxylation is 1. The van der Waals surface area contributed by atoms with Crippen LogP contribution in [0.2, 0.25) is 0 Å². The van der Waals surface area contributed by atoms with Crippen LogP contribution in [0.15, 0.2) is 40.2 Å². The Kier molecular flexibility index (Phi) is 4.78. The zero-order valence-electron chi connectivity index (χ0n) is 10.8. The van der Waals surface area contributed by atoms with E-state index in [2.05, 4.69) is 15.9 Å². The van der Waals surface area contributed by atoms with Crippen molar-refractivity contribution in [3.05, 3.63) is 56.2 Å². The van der Waals surface area contributed by atoms with E-state index in [0.29, 0.717) is 9.35 Å². The van der Waals surface area contributed by atoms with E-state index < -0.39 is 15.6 Å². The Labute approximate surface area is 130 Å². The molecule has 2 aromatic rings. The molecule has 106 valence electrons. The Balaban J connectivity index is 2.15. The van der Waals surface area contributed by atoms with E-state index in [1.807, 2.05) is 19.1 Å². The van der Waals surface area contributed by atoms with E-state index in [9.17, 15) is 13.2 Å². The second-order valence-electron chi connectivity index (χ2n) is 4.48. The van der Waals surface area contributed by atoms with E-state index in [1.165, 1.54) is 11.3 Å². The number of benzene rings is 1. The zero-order valence-corrected chi connectivity index (χ0v) is 14.0. The second-order valence-corrected chi connectivity index (χ2v) is 8.31. The maximum absolute atomic E-state index is 12.1. The van der Waals surface area contributed by atoms with E-state index in [-0.39, 0.29) is 11.5 Å². The summed E-state index contributed by atoms with van der Waals surface area (Å²) in [5, 5.41) is 1.76. The van der Waals surface area contributed by atoms with Crippen LogP contribution in [0.5, 0.6) is 0 Å². The summed E-state index contributed by atoms with van der Waals surface area (Å²) in [5.41, 5.74) is 1.66. The van der Waals surface area contributed by atoms with Crippen molar-refractivity contribution in [2.45, 2.75) is 12.7 Å². The summed E-state index contributed by atoms with van der Waals surface area (Å²) in [7, 11) is -3.46. The summed E-state index contributed by atoms with van der Waals surface area (Å²) >= 11 is 4.49. The van der Waals surface area contributed by atoms with Gasteiger partial charge in [0.05, 0.1) is 10.6 Å². The summed E-state index contributed by atoms with van der Waals surface area (Å²) in [6.45, 7) is 1.86. The van der Waals surface area contributed by atoms with Gasteiger partial charge in [-0.25, -0.2) is 8.42 Å². The van der Waals surface area contributed by atoms with Gasteiger partial charge in [-0.15, -0.1) is 11.3 Å². The van der Waals surface area contributed by atoms with Crippen LogP contribution in [-0.2, 0) is 15.6 Å². The smallest absolute Gasteiger partial charge is 0.188 e. The maximum Gasteiger partial charge on any atom is 0.188 e. The maximum atomic E-state index is 12.1. The van der Waals surface area contributed by atoms with Crippen molar-refractivity contribution < 1.29 is 13.2 Å². The summed E-state index contributed by atoms with van der Waals surface area (Å²) in [6, 6.07) is 9.04. The van der Waals surface area contributed by atoms with E-state index >= 15 is 0 Å². The van der Waals surface area contributed by atoms with Crippen molar-refractivity contribution in [2.75, 3.05) is 5.75 Å². The molecule has 1 aromatic heterocycles. The van der Waals surface area contributed by atoms with Crippen molar-refractivity contribution in [1.29, 1.82) is 0 Å². The minimum Gasteiger partial charge on any atom is -0.292 e. The van der Waals surface area contributed by atoms with Crippen molar-refractivity contribution >= 4 is 42.9 Å². The number of rotatable bonds is 5. The van der Waals surface area contributed by atoms with Crippen LogP contribution < -0.4 is 0 Å². The fraction of sp³-hybridized carbons (Fsp3) is 0.214. The van der Waals surface area contributed by atoms with Gasteiger partial charge >= 0.3 is 0 Å². The van der Waals surface area contributed by atoms with Gasteiger partial charge in [-0.2, -0.15) is 0 Å². The number of ketones is 1. The number of sulfone groups is 1. The first-order valence-electron chi connectivity index (χ1n) is 5.90. The lowest BCUT2D eigenvalue weighted by molar-refractivity contribution is 0.102. The largest absolute Gasteiger partial charge is 0.292 e. The number of carbonyl (C=O) groups is 1. The van der Waals surface area contributed by atoms with Crippen LogP contribution in [0.1, 0.15) is 20.8 Å². The van der Waals surface area contributed by atoms with Crippen LogP contribution in [-0.4, -0.2) is 20.0 Å². The molecule has 0 amide bonds. The van der Waals surface area contributed by atoms with E-state index in [1.54, 1.807) is 23.6 Å². The van der Waals surface area contributed by atoms with Gasteiger partial charge < -0.3 is 0 Å². The van der Waals surface area contributed by atoms with Crippen LogP contribution in [0.25, 0.3) is 0 Å². The minimum atomic E-state index is -3.46. The summed E-state index contributed by atoms with van der Waals surface area (Å²) in [6.07, 6.45) is 0. The number of thiophene rings is 1. The molecule has 0 radical (unpaired) electrons. The molecular weight excluding hydrogens is 360 g/mol. The molecule has 0 fully saturated rings.